The Balaban J connectivity index is 2.64. The van der Waals surface area contributed by atoms with Crippen molar-refractivity contribution in [2.75, 3.05) is 30.3 Å². The van der Waals surface area contributed by atoms with Crippen LogP contribution in [-0.2, 0) is 20.2 Å². The van der Waals surface area contributed by atoms with Crippen molar-refractivity contribution in [3.63, 3.8) is 0 Å². The van der Waals surface area contributed by atoms with Gasteiger partial charge < -0.3 is 16.4 Å². The largest absolute Gasteiger partial charge is 0.399 e. The molecule has 0 aromatic heterocycles. The number of hydrogen-bond donors (Lipinski definition) is 5. The van der Waals surface area contributed by atoms with Gasteiger partial charge in [0.2, 0.25) is 0 Å². The van der Waals surface area contributed by atoms with Crippen LogP contribution in [-0.4, -0.2) is 62.4 Å². The van der Waals surface area contributed by atoms with E-state index in [0.29, 0.717) is 0 Å². The molecule has 13 heteroatoms. The molecule has 0 fully saturated rings. The van der Waals surface area contributed by atoms with Gasteiger partial charge in [0.25, 0.3) is 32.1 Å². The number of nitrogens with one attached hydrogen (secondary N) is 2. The van der Waals surface area contributed by atoms with E-state index in [0.717, 1.165) is 0 Å². The number of rotatable bonds is 10. The van der Waals surface area contributed by atoms with Crippen molar-refractivity contribution in [3.8, 4) is 0 Å². The van der Waals surface area contributed by atoms with Crippen LogP contribution in [0, 0.1) is 0 Å². The van der Waals surface area contributed by atoms with E-state index in [-0.39, 0.29) is 42.7 Å². The van der Waals surface area contributed by atoms with Crippen molar-refractivity contribution in [2.45, 2.75) is 12.8 Å². The minimum absolute atomic E-state index is 0.00793. The van der Waals surface area contributed by atoms with Gasteiger partial charge in [0, 0.05) is 29.9 Å². The number of nitrogen functional groups attached to an aromatic ring is 1. The third-order valence-electron chi connectivity index (χ3n) is 3.21. The van der Waals surface area contributed by atoms with Gasteiger partial charge in [-0.05, 0) is 31.0 Å². The van der Waals surface area contributed by atoms with Gasteiger partial charge in [-0.2, -0.15) is 16.8 Å². The van der Waals surface area contributed by atoms with Crippen LogP contribution < -0.4 is 16.4 Å². The van der Waals surface area contributed by atoms with Crippen LogP contribution in [0.25, 0.3) is 0 Å². The van der Waals surface area contributed by atoms with E-state index in [1.165, 1.54) is 18.2 Å². The summed E-state index contributed by atoms with van der Waals surface area (Å²) in [5.74, 6) is -2.17. The summed E-state index contributed by atoms with van der Waals surface area (Å²) in [4.78, 5) is 24.1. The standard InChI is InChI=1S/C14H21N3O8S2/c15-12-8-10(13(18)16-3-1-5-26(20,21)22)7-11(9-12)14(19)17-4-2-6-27(23,24)25/h7-9H,1-6,15H2,(H,16,18)(H,17,19)(H,20,21,22)(H,23,24,25). The number of carbonyl (C=O) groups is 2. The molecule has 0 aliphatic rings. The van der Waals surface area contributed by atoms with E-state index in [1.807, 2.05) is 0 Å². The molecule has 27 heavy (non-hydrogen) atoms. The summed E-state index contributed by atoms with van der Waals surface area (Å²) in [6.07, 6.45) is 0.0159. The Bertz CT molecular complexity index is 827. The van der Waals surface area contributed by atoms with Gasteiger partial charge in [0.1, 0.15) is 0 Å². The lowest BCUT2D eigenvalue weighted by Crippen LogP contribution is -2.28. The van der Waals surface area contributed by atoms with E-state index in [2.05, 4.69) is 10.6 Å². The van der Waals surface area contributed by atoms with Crippen molar-refractivity contribution in [2.24, 2.45) is 0 Å². The second kappa shape index (κ2) is 9.64. The molecule has 0 bridgehead atoms. The summed E-state index contributed by atoms with van der Waals surface area (Å²) in [6.45, 7) is -0.0187. The summed E-state index contributed by atoms with van der Waals surface area (Å²) in [5, 5.41) is 4.88. The minimum atomic E-state index is -4.11. The van der Waals surface area contributed by atoms with Crippen molar-refractivity contribution in [1.29, 1.82) is 0 Å². The Kier molecular flexibility index (Phi) is 8.15. The molecule has 0 radical (unpaired) electrons. The molecule has 0 unspecified atom stereocenters. The van der Waals surface area contributed by atoms with Crippen LogP contribution in [0.5, 0.6) is 0 Å². The smallest absolute Gasteiger partial charge is 0.264 e. The molecule has 1 rings (SSSR count). The third kappa shape index (κ3) is 9.89. The molecule has 0 aliphatic heterocycles. The summed E-state index contributed by atoms with van der Waals surface area (Å²) >= 11 is 0. The lowest BCUT2D eigenvalue weighted by Gasteiger charge is -2.09. The number of amides is 2. The maximum atomic E-state index is 12.1. The lowest BCUT2D eigenvalue weighted by atomic mass is 10.1. The molecular formula is C14H21N3O8S2. The van der Waals surface area contributed by atoms with Gasteiger partial charge >= 0.3 is 0 Å². The minimum Gasteiger partial charge on any atom is -0.399 e. The fraction of sp³-hybridized carbons (Fsp3) is 0.429. The predicted molar refractivity (Wildman–Crippen MR) is 97.6 cm³/mol. The second-order valence-corrected chi connectivity index (χ2v) is 8.78. The fourth-order valence-electron chi connectivity index (χ4n) is 2.03. The molecule has 0 atom stereocenters. The highest BCUT2D eigenvalue weighted by Crippen LogP contribution is 2.12. The second-order valence-electron chi connectivity index (χ2n) is 5.63. The average Bonchev–Trinajstić information content (AvgIpc) is 2.52. The highest BCUT2D eigenvalue weighted by Gasteiger charge is 2.13. The quantitative estimate of drug-likeness (QED) is 0.183. The summed E-state index contributed by atoms with van der Waals surface area (Å²) < 4.78 is 59.7. The maximum absolute atomic E-state index is 12.1. The molecule has 1 aromatic carbocycles. The molecule has 152 valence electrons. The molecular weight excluding hydrogens is 402 g/mol. The van der Waals surface area contributed by atoms with Crippen molar-refractivity contribution in [3.05, 3.63) is 29.3 Å². The Morgan fingerprint density at radius 2 is 1.19 bits per heavy atom. The highest BCUT2D eigenvalue weighted by atomic mass is 32.2. The number of hydrogen-bond acceptors (Lipinski definition) is 7. The van der Waals surface area contributed by atoms with E-state index in [9.17, 15) is 26.4 Å². The molecule has 6 N–H and O–H groups in total. The Hall–Kier alpha value is -2.22. The first kappa shape index (κ1) is 22.8. The topological polar surface area (TPSA) is 193 Å². The lowest BCUT2D eigenvalue weighted by molar-refractivity contribution is 0.0953. The predicted octanol–water partition coefficient (Wildman–Crippen LogP) is -0.716. The highest BCUT2D eigenvalue weighted by molar-refractivity contribution is 7.86. The van der Waals surface area contributed by atoms with E-state index in [4.69, 9.17) is 14.8 Å². The molecule has 1 aromatic rings. The van der Waals surface area contributed by atoms with Gasteiger partial charge in [-0.15, -0.1) is 0 Å². The van der Waals surface area contributed by atoms with E-state index >= 15 is 0 Å². The van der Waals surface area contributed by atoms with Gasteiger partial charge in [0.15, 0.2) is 0 Å². The molecule has 11 nitrogen and oxygen atoms in total. The average molecular weight is 423 g/mol. The molecule has 0 aliphatic carbocycles. The normalized spacial score (nSPS) is 11.8. The first-order valence-electron chi connectivity index (χ1n) is 7.75. The summed E-state index contributed by atoms with van der Waals surface area (Å²) in [6, 6.07) is 3.92. The molecule has 0 saturated carbocycles. The summed E-state index contributed by atoms with van der Waals surface area (Å²) in [5.41, 5.74) is 5.96. The monoisotopic (exact) mass is 423 g/mol. The number of benzene rings is 1. The Morgan fingerprint density at radius 3 is 1.52 bits per heavy atom. The van der Waals surface area contributed by atoms with Crippen LogP contribution in [0.3, 0.4) is 0 Å². The number of nitrogens with two attached hydrogens (primary N) is 1. The van der Waals surface area contributed by atoms with Crippen LogP contribution >= 0.6 is 0 Å². The summed E-state index contributed by atoms with van der Waals surface area (Å²) in [7, 11) is -8.22. The number of anilines is 1. The van der Waals surface area contributed by atoms with Crippen LogP contribution in [0.1, 0.15) is 33.6 Å². The zero-order chi connectivity index (χ0) is 20.7. The van der Waals surface area contributed by atoms with Crippen molar-refractivity contribution < 1.29 is 35.5 Å². The van der Waals surface area contributed by atoms with Gasteiger partial charge in [0.05, 0.1) is 11.5 Å². The fourth-order valence-corrected chi connectivity index (χ4v) is 3.05. The van der Waals surface area contributed by atoms with Crippen molar-refractivity contribution >= 4 is 37.7 Å². The van der Waals surface area contributed by atoms with Gasteiger partial charge in [-0.3, -0.25) is 18.7 Å². The zero-order valence-electron chi connectivity index (χ0n) is 14.2. The van der Waals surface area contributed by atoms with Gasteiger partial charge in [-0.1, -0.05) is 0 Å². The van der Waals surface area contributed by atoms with E-state index in [1.54, 1.807) is 0 Å². The first-order valence-corrected chi connectivity index (χ1v) is 11.0. The first-order chi connectivity index (χ1) is 12.4. The van der Waals surface area contributed by atoms with Crippen LogP contribution in [0.15, 0.2) is 18.2 Å². The Labute approximate surface area is 156 Å². The van der Waals surface area contributed by atoms with E-state index < -0.39 is 43.6 Å². The third-order valence-corrected chi connectivity index (χ3v) is 4.82. The molecule has 2 amide bonds. The maximum Gasteiger partial charge on any atom is 0.264 e. The zero-order valence-corrected chi connectivity index (χ0v) is 15.8. The van der Waals surface area contributed by atoms with Crippen LogP contribution in [0.2, 0.25) is 0 Å². The number of carbonyl (C=O) groups excluding carboxylic acids is 2. The molecule has 0 spiro atoms. The Morgan fingerprint density at radius 1 is 0.815 bits per heavy atom. The van der Waals surface area contributed by atoms with Crippen LogP contribution in [0.4, 0.5) is 5.69 Å². The van der Waals surface area contributed by atoms with Crippen molar-refractivity contribution in [1.82, 2.24) is 10.6 Å². The SMILES string of the molecule is Nc1cc(C(=O)NCCCS(=O)(=O)O)cc(C(=O)NCCCS(=O)(=O)O)c1. The molecule has 0 heterocycles. The van der Waals surface area contributed by atoms with Gasteiger partial charge in [-0.25, -0.2) is 0 Å². The molecule has 0 saturated heterocycles.